The van der Waals surface area contributed by atoms with Gasteiger partial charge in [0.15, 0.2) is 0 Å². The van der Waals surface area contributed by atoms with Gasteiger partial charge in [0.25, 0.3) is 0 Å². The molecule has 0 aromatic heterocycles. The molecule has 36 heavy (non-hydrogen) atoms. The van der Waals surface area contributed by atoms with Crippen molar-refractivity contribution in [1.29, 1.82) is 0 Å². The smallest absolute Gasteiger partial charge is 1.00 e. The van der Waals surface area contributed by atoms with Gasteiger partial charge in [0.2, 0.25) is 0 Å². The number of hydrogen-bond acceptors (Lipinski definition) is 2. The summed E-state index contributed by atoms with van der Waals surface area (Å²) in [6.45, 7) is 9.04. The minimum atomic E-state index is 0. The monoisotopic (exact) mass is 628 g/mol. The number of rotatable bonds is 8. The molecule has 0 aromatic carbocycles. The second-order valence-electron chi connectivity index (χ2n) is 8.79. The van der Waals surface area contributed by atoms with Crippen molar-refractivity contribution < 1.29 is 68.2 Å². The van der Waals surface area contributed by atoms with Crippen molar-refractivity contribution in [3.63, 3.8) is 0 Å². The fraction of sp³-hybridized carbons (Fsp3) is 0.467. The van der Waals surface area contributed by atoms with E-state index in [0.29, 0.717) is 9.49 Å². The third-order valence-corrected chi connectivity index (χ3v) is 9.57. The van der Waals surface area contributed by atoms with Crippen LogP contribution in [0, 0.1) is 12.2 Å². The molecule has 2 unspecified atom stereocenters. The summed E-state index contributed by atoms with van der Waals surface area (Å²) < 4.78 is 0.584. The molecule has 0 spiro atoms. The fourth-order valence-corrected chi connectivity index (χ4v) is 7.39. The van der Waals surface area contributed by atoms with Gasteiger partial charge in [-0.2, -0.15) is 35.7 Å². The van der Waals surface area contributed by atoms with Crippen molar-refractivity contribution >= 4 is 23.5 Å². The maximum atomic E-state index is 3.45. The van der Waals surface area contributed by atoms with E-state index in [9.17, 15) is 0 Å². The van der Waals surface area contributed by atoms with Gasteiger partial charge in [-0.15, -0.1) is 12.8 Å². The van der Waals surface area contributed by atoms with E-state index in [2.05, 4.69) is 124 Å². The third kappa shape index (κ3) is 10.7. The van der Waals surface area contributed by atoms with Gasteiger partial charge in [0.1, 0.15) is 0 Å². The summed E-state index contributed by atoms with van der Waals surface area (Å²) in [4.78, 5) is 0. The van der Waals surface area contributed by atoms with Crippen LogP contribution in [-0.4, -0.2) is 21.0 Å². The van der Waals surface area contributed by atoms with E-state index in [1.807, 2.05) is 0 Å². The van der Waals surface area contributed by atoms with Gasteiger partial charge in [0.05, 0.1) is 0 Å². The van der Waals surface area contributed by atoms with Gasteiger partial charge < -0.3 is 24.8 Å². The summed E-state index contributed by atoms with van der Waals surface area (Å²) in [6.07, 6.45) is 35.9. The van der Waals surface area contributed by atoms with Gasteiger partial charge in [0, 0.05) is 9.49 Å². The van der Waals surface area contributed by atoms with Crippen molar-refractivity contribution in [1.82, 2.24) is 0 Å². The molecule has 4 aliphatic rings. The van der Waals surface area contributed by atoms with Crippen LogP contribution in [0.25, 0.3) is 0 Å². The Hall–Kier alpha value is 0.629. The number of allylic oxidation sites excluding steroid dienone is 14. The van der Waals surface area contributed by atoms with Crippen LogP contribution in [0.3, 0.4) is 0 Å². The second kappa shape index (κ2) is 19.7. The first-order valence-corrected chi connectivity index (χ1v) is 14.0. The SMILES string of the molecule is CCSC1(CC2=[C-]CC=C2)CC=CC=C1C.CCSC1(CC2=[C-]CC=C2)CC=CC=C1C.[Cl-].[Cl-].[Ti+2].[Ti+2]. The maximum absolute atomic E-state index is 3.45. The van der Waals surface area contributed by atoms with E-state index in [1.165, 1.54) is 33.8 Å². The summed E-state index contributed by atoms with van der Waals surface area (Å²) in [5.74, 6) is 2.35. The predicted octanol–water partition coefficient (Wildman–Crippen LogP) is 2.93. The summed E-state index contributed by atoms with van der Waals surface area (Å²) >= 11 is 4.16. The number of thioether (sulfide) groups is 2. The normalized spacial score (nSPS) is 25.0. The molecule has 0 saturated heterocycles. The molecule has 6 heteroatoms. The van der Waals surface area contributed by atoms with Crippen molar-refractivity contribution in [3.05, 3.63) is 95.2 Å². The molecule has 192 valence electrons. The average Bonchev–Trinajstić information content (AvgIpc) is 3.48. The summed E-state index contributed by atoms with van der Waals surface area (Å²) in [5, 5.41) is 0. The van der Waals surface area contributed by atoms with E-state index < -0.39 is 0 Å². The predicted molar refractivity (Wildman–Crippen MR) is 147 cm³/mol. The number of halogens is 2. The van der Waals surface area contributed by atoms with Crippen LogP contribution in [0.2, 0.25) is 0 Å². The zero-order chi connectivity index (χ0) is 22.9. The molecule has 0 amide bonds. The largest absolute Gasteiger partial charge is 2.00 e. The van der Waals surface area contributed by atoms with E-state index in [4.69, 9.17) is 0 Å². The van der Waals surface area contributed by atoms with Gasteiger partial charge >= 0.3 is 43.4 Å². The van der Waals surface area contributed by atoms with Crippen LogP contribution in [0.1, 0.15) is 66.2 Å². The molecule has 0 radical (unpaired) electrons. The average molecular weight is 629 g/mol. The van der Waals surface area contributed by atoms with E-state index in [1.54, 1.807) is 0 Å². The molecule has 0 aromatic rings. The molecule has 4 rings (SSSR count). The van der Waals surface area contributed by atoms with Crippen LogP contribution in [0.4, 0.5) is 0 Å². The van der Waals surface area contributed by atoms with Gasteiger partial charge in [-0.1, -0.05) is 61.4 Å². The summed E-state index contributed by atoms with van der Waals surface area (Å²) in [7, 11) is 0. The van der Waals surface area contributed by atoms with Crippen LogP contribution in [-0.2, 0) is 43.4 Å². The van der Waals surface area contributed by atoms with Crippen molar-refractivity contribution in [2.75, 3.05) is 11.5 Å². The van der Waals surface area contributed by atoms with E-state index >= 15 is 0 Å². The van der Waals surface area contributed by atoms with Crippen LogP contribution >= 0.6 is 23.5 Å². The Morgan fingerprint density at radius 1 is 0.694 bits per heavy atom. The van der Waals surface area contributed by atoms with Gasteiger partial charge in [-0.05, 0) is 51.0 Å². The Balaban J connectivity index is 0. The standard InChI is InChI=1S/2C15H19S.2ClH.2Ti/c2*1-3-16-15(11-7-6-8-13(15)2)12-14-9-4-5-10-14;;;;/h2*4,6-9H,3,5,11-12H2,1-2H3;2*1H;;/q2*-1;;;2*+2/p-2. The molecule has 0 fully saturated rings. The zero-order valence-electron chi connectivity index (χ0n) is 22.0. The molecule has 0 bridgehead atoms. The Kier molecular flexibility index (Phi) is 21.2. The first kappa shape index (κ1) is 38.8. The Morgan fingerprint density at radius 3 is 1.36 bits per heavy atom. The molecule has 0 N–H and O–H groups in total. The van der Waals surface area contributed by atoms with Crippen LogP contribution in [0.5, 0.6) is 0 Å². The van der Waals surface area contributed by atoms with Crippen molar-refractivity contribution in [2.45, 2.75) is 75.7 Å². The maximum Gasteiger partial charge on any atom is 2.00 e. The number of hydrogen-bond donors (Lipinski definition) is 0. The Bertz CT molecular complexity index is 838. The third-order valence-electron chi connectivity index (χ3n) is 6.62. The van der Waals surface area contributed by atoms with E-state index in [-0.39, 0.29) is 68.2 Å². The Labute approximate surface area is 271 Å². The zero-order valence-corrected chi connectivity index (χ0v) is 28.3. The molecular formula is C30H38Cl2S2Ti2. The first-order valence-electron chi connectivity index (χ1n) is 12.0. The topological polar surface area (TPSA) is 0 Å². The van der Waals surface area contributed by atoms with E-state index in [0.717, 1.165) is 38.5 Å². The molecule has 0 nitrogen and oxygen atoms in total. The first-order chi connectivity index (χ1) is 15.5. The second-order valence-corrected chi connectivity index (χ2v) is 12.1. The molecule has 0 saturated carbocycles. The van der Waals surface area contributed by atoms with Crippen LogP contribution in [0.15, 0.2) is 83.1 Å². The van der Waals surface area contributed by atoms with Crippen LogP contribution < -0.4 is 24.8 Å². The minimum absolute atomic E-state index is 0. The summed E-state index contributed by atoms with van der Waals surface area (Å²) in [6, 6.07) is 0. The van der Waals surface area contributed by atoms with Gasteiger partial charge in [-0.25, -0.2) is 23.3 Å². The minimum Gasteiger partial charge on any atom is -1.00 e. The fourth-order valence-electron chi connectivity index (χ4n) is 4.75. The van der Waals surface area contributed by atoms with Crippen molar-refractivity contribution in [2.24, 2.45) is 0 Å². The molecule has 4 aliphatic carbocycles. The summed E-state index contributed by atoms with van der Waals surface area (Å²) in [5.41, 5.74) is 5.81. The Morgan fingerprint density at radius 2 is 1.08 bits per heavy atom. The molecule has 0 aliphatic heterocycles. The molecular weight excluding hydrogens is 591 g/mol. The van der Waals surface area contributed by atoms with Crippen molar-refractivity contribution in [3.8, 4) is 0 Å². The molecule has 0 heterocycles. The molecule has 2 atom stereocenters. The van der Waals surface area contributed by atoms with Gasteiger partial charge in [-0.3, -0.25) is 12.2 Å². The quantitative estimate of drug-likeness (QED) is 0.300.